The zero-order chi connectivity index (χ0) is 12.5. The first-order valence-corrected chi connectivity index (χ1v) is 6.15. The summed E-state index contributed by atoms with van der Waals surface area (Å²) in [6.07, 6.45) is 0. The van der Waals surface area contributed by atoms with Crippen LogP contribution in [0.3, 0.4) is 0 Å². The van der Waals surface area contributed by atoms with Crippen LogP contribution in [0.1, 0.15) is 18.2 Å². The highest BCUT2D eigenvalue weighted by Crippen LogP contribution is 2.28. The van der Waals surface area contributed by atoms with Crippen LogP contribution in [0.2, 0.25) is 0 Å². The van der Waals surface area contributed by atoms with Crippen molar-refractivity contribution >= 4 is 22.4 Å². The Hall–Kier alpha value is -1.87. The molecule has 0 saturated heterocycles. The van der Waals surface area contributed by atoms with Gasteiger partial charge in [-0.15, -0.1) is 11.6 Å². The number of rotatable bonds is 2. The second-order valence-electron chi connectivity index (χ2n) is 4.10. The van der Waals surface area contributed by atoms with E-state index < -0.39 is 0 Å². The van der Waals surface area contributed by atoms with Crippen LogP contribution in [-0.2, 0) is 0 Å². The van der Waals surface area contributed by atoms with Crippen molar-refractivity contribution in [2.45, 2.75) is 12.3 Å². The van der Waals surface area contributed by atoms with E-state index in [4.69, 9.17) is 16.1 Å². The Labute approximate surface area is 109 Å². The van der Waals surface area contributed by atoms with Crippen molar-refractivity contribution in [3.8, 4) is 11.4 Å². The third-order valence-electron chi connectivity index (χ3n) is 2.81. The van der Waals surface area contributed by atoms with Crippen molar-refractivity contribution in [2.24, 2.45) is 0 Å². The zero-order valence-corrected chi connectivity index (χ0v) is 10.6. The standard InChI is InChI=1S/C14H11ClN2O/c1-9(15)14-16-13(17-18-14)12-8-4-6-10-5-2-3-7-11(10)12/h2-9H,1H3. The highest BCUT2D eigenvalue weighted by molar-refractivity contribution is 6.20. The summed E-state index contributed by atoms with van der Waals surface area (Å²) in [6.45, 7) is 1.81. The maximum absolute atomic E-state index is 5.93. The minimum atomic E-state index is -0.277. The smallest absolute Gasteiger partial charge is 0.244 e. The van der Waals surface area contributed by atoms with Crippen LogP contribution < -0.4 is 0 Å². The highest BCUT2D eigenvalue weighted by Gasteiger charge is 2.14. The molecule has 1 aromatic heterocycles. The predicted octanol–water partition coefficient (Wildman–Crippen LogP) is 4.19. The second-order valence-corrected chi connectivity index (χ2v) is 4.75. The molecule has 3 rings (SSSR count). The quantitative estimate of drug-likeness (QED) is 0.647. The molecule has 0 aliphatic rings. The summed E-state index contributed by atoms with van der Waals surface area (Å²) in [5.41, 5.74) is 0.959. The number of alkyl halides is 1. The van der Waals surface area contributed by atoms with Crippen LogP contribution in [0, 0.1) is 0 Å². The molecule has 0 aliphatic carbocycles. The predicted molar refractivity (Wildman–Crippen MR) is 71.5 cm³/mol. The van der Waals surface area contributed by atoms with Gasteiger partial charge in [-0.1, -0.05) is 47.6 Å². The Morgan fingerprint density at radius 1 is 1.11 bits per heavy atom. The van der Waals surface area contributed by atoms with Crippen molar-refractivity contribution in [3.05, 3.63) is 48.4 Å². The van der Waals surface area contributed by atoms with Gasteiger partial charge in [-0.05, 0) is 17.7 Å². The Morgan fingerprint density at radius 2 is 1.89 bits per heavy atom. The van der Waals surface area contributed by atoms with Gasteiger partial charge in [0.05, 0.1) is 0 Å². The summed E-state index contributed by atoms with van der Waals surface area (Å²) in [5.74, 6) is 1.02. The van der Waals surface area contributed by atoms with Crippen LogP contribution in [-0.4, -0.2) is 10.1 Å². The molecule has 2 aromatic carbocycles. The first-order chi connectivity index (χ1) is 8.75. The third kappa shape index (κ3) is 1.87. The Bertz CT molecular complexity index is 686. The number of fused-ring (bicyclic) bond motifs is 1. The van der Waals surface area contributed by atoms with E-state index in [0.717, 1.165) is 16.3 Å². The molecule has 0 fully saturated rings. The largest absolute Gasteiger partial charge is 0.337 e. The van der Waals surface area contributed by atoms with Gasteiger partial charge in [-0.3, -0.25) is 0 Å². The summed E-state index contributed by atoms with van der Waals surface area (Å²) in [5, 5.41) is 5.97. The normalized spacial score (nSPS) is 12.8. The molecule has 0 N–H and O–H groups in total. The number of benzene rings is 2. The van der Waals surface area contributed by atoms with E-state index in [2.05, 4.69) is 22.3 Å². The van der Waals surface area contributed by atoms with Crippen LogP contribution in [0.25, 0.3) is 22.2 Å². The van der Waals surface area contributed by atoms with E-state index in [1.54, 1.807) is 0 Å². The van der Waals surface area contributed by atoms with Gasteiger partial charge >= 0.3 is 0 Å². The summed E-state index contributed by atoms with van der Waals surface area (Å²) in [4.78, 5) is 4.32. The van der Waals surface area contributed by atoms with E-state index in [-0.39, 0.29) is 5.38 Å². The maximum atomic E-state index is 5.93. The first kappa shape index (κ1) is 11.2. The Morgan fingerprint density at radius 3 is 2.67 bits per heavy atom. The number of nitrogens with zero attached hydrogens (tertiary/aromatic N) is 2. The molecule has 90 valence electrons. The molecule has 18 heavy (non-hydrogen) atoms. The number of halogens is 1. The molecule has 0 saturated carbocycles. The molecule has 3 aromatic rings. The van der Waals surface area contributed by atoms with E-state index in [9.17, 15) is 0 Å². The molecule has 0 aliphatic heterocycles. The van der Waals surface area contributed by atoms with Gasteiger partial charge in [0, 0.05) is 5.56 Å². The van der Waals surface area contributed by atoms with E-state index >= 15 is 0 Å². The molecule has 4 heteroatoms. The molecule has 1 unspecified atom stereocenters. The van der Waals surface area contributed by atoms with Crippen LogP contribution >= 0.6 is 11.6 Å². The van der Waals surface area contributed by atoms with Crippen LogP contribution in [0.5, 0.6) is 0 Å². The second kappa shape index (κ2) is 4.42. The van der Waals surface area contributed by atoms with Crippen LogP contribution in [0.4, 0.5) is 0 Å². The van der Waals surface area contributed by atoms with Gasteiger partial charge in [0.1, 0.15) is 5.38 Å². The Balaban J connectivity index is 2.18. The molecule has 0 bridgehead atoms. The number of hydrogen-bond donors (Lipinski definition) is 0. The van der Waals surface area contributed by atoms with E-state index in [0.29, 0.717) is 11.7 Å². The van der Waals surface area contributed by atoms with Gasteiger partial charge < -0.3 is 4.52 Å². The SMILES string of the molecule is CC(Cl)c1nc(-c2cccc3ccccc23)no1. The average molecular weight is 259 g/mol. The lowest BCUT2D eigenvalue weighted by Crippen LogP contribution is -1.86. The minimum Gasteiger partial charge on any atom is -0.337 e. The fraction of sp³-hybridized carbons (Fsp3) is 0.143. The monoisotopic (exact) mass is 258 g/mol. The fourth-order valence-electron chi connectivity index (χ4n) is 1.93. The topological polar surface area (TPSA) is 38.9 Å². The zero-order valence-electron chi connectivity index (χ0n) is 9.80. The van der Waals surface area contributed by atoms with Crippen molar-refractivity contribution in [1.82, 2.24) is 10.1 Å². The van der Waals surface area contributed by atoms with Gasteiger partial charge in [0.2, 0.25) is 11.7 Å². The molecular weight excluding hydrogens is 248 g/mol. The molecule has 3 nitrogen and oxygen atoms in total. The van der Waals surface area contributed by atoms with Gasteiger partial charge in [-0.2, -0.15) is 4.98 Å². The molecule has 0 amide bonds. The summed E-state index contributed by atoms with van der Waals surface area (Å²) < 4.78 is 5.14. The fourth-order valence-corrected chi connectivity index (χ4v) is 2.02. The molecule has 0 radical (unpaired) electrons. The maximum Gasteiger partial charge on any atom is 0.244 e. The number of hydrogen-bond acceptors (Lipinski definition) is 3. The average Bonchev–Trinajstić information content (AvgIpc) is 2.87. The van der Waals surface area contributed by atoms with Crippen molar-refractivity contribution < 1.29 is 4.52 Å². The van der Waals surface area contributed by atoms with Gasteiger partial charge in [0.25, 0.3) is 0 Å². The summed E-state index contributed by atoms with van der Waals surface area (Å²) >= 11 is 5.93. The van der Waals surface area contributed by atoms with Crippen molar-refractivity contribution in [1.29, 1.82) is 0 Å². The molecule has 0 spiro atoms. The molecule has 1 atom stereocenters. The van der Waals surface area contributed by atoms with Gasteiger partial charge in [0.15, 0.2) is 0 Å². The van der Waals surface area contributed by atoms with Crippen LogP contribution in [0.15, 0.2) is 47.0 Å². The Kier molecular flexibility index (Phi) is 2.76. The lowest BCUT2D eigenvalue weighted by molar-refractivity contribution is 0.379. The van der Waals surface area contributed by atoms with E-state index in [1.165, 1.54) is 0 Å². The van der Waals surface area contributed by atoms with Crippen molar-refractivity contribution in [3.63, 3.8) is 0 Å². The first-order valence-electron chi connectivity index (χ1n) is 5.71. The summed E-state index contributed by atoms with van der Waals surface area (Å²) in [7, 11) is 0. The lowest BCUT2D eigenvalue weighted by atomic mass is 10.0. The molecule has 1 heterocycles. The summed E-state index contributed by atoms with van der Waals surface area (Å²) in [6, 6.07) is 14.1. The van der Waals surface area contributed by atoms with E-state index in [1.807, 2.05) is 37.3 Å². The van der Waals surface area contributed by atoms with Gasteiger partial charge in [-0.25, -0.2) is 0 Å². The third-order valence-corrected chi connectivity index (χ3v) is 3.00. The van der Waals surface area contributed by atoms with Crippen molar-refractivity contribution in [2.75, 3.05) is 0 Å². The highest BCUT2D eigenvalue weighted by atomic mass is 35.5. The molecular formula is C14H11ClN2O. The lowest BCUT2D eigenvalue weighted by Gasteiger charge is -2.01. The number of aromatic nitrogens is 2. The minimum absolute atomic E-state index is 0.277.